The van der Waals surface area contributed by atoms with Crippen LogP contribution in [0.4, 0.5) is 5.69 Å². The fraction of sp³-hybridized carbons (Fsp3) is 0.222. The highest BCUT2D eigenvalue weighted by Crippen LogP contribution is 2.33. The minimum absolute atomic E-state index is 0.0132. The van der Waals surface area contributed by atoms with Crippen LogP contribution in [0.25, 0.3) is 0 Å². The highest BCUT2D eigenvalue weighted by Gasteiger charge is 2.16. The molecule has 0 aliphatic heterocycles. The summed E-state index contributed by atoms with van der Waals surface area (Å²) in [6.45, 7) is 3.41. The van der Waals surface area contributed by atoms with Gasteiger partial charge in [-0.15, -0.1) is 0 Å². The second-order valence-corrected chi connectivity index (χ2v) is 6.50. The van der Waals surface area contributed by atoms with Crippen molar-refractivity contribution in [2.45, 2.75) is 13.8 Å². The molecule has 0 radical (unpaired) electrons. The van der Waals surface area contributed by atoms with Crippen LogP contribution in [0.3, 0.4) is 0 Å². The van der Waals surface area contributed by atoms with E-state index in [9.17, 15) is 20.0 Å². The van der Waals surface area contributed by atoms with Gasteiger partial charge < -0.3 is 14.6 Å². The number of aromatic hydroxyl groups is 1. The lowest BCUT2D eigenvalue weighted by atomic mass is 10.2. The summed E-state index contributed by atoms with van der Waals surface area (Å²) in [6, 6.07) is 7.64. The number of phenolic OH excluding ortho intramolecular Hbond substituents is 1. The number of nitrogens with one attached hydrogen (secondary N) is 1. The summed E-state index contributed by atoms with van der Waals surface area (Å²) in [5, 5.41) is 24.9. The Balaban J connectivity index is 1.99. The number of benzene rings is 2. The van der Waals surface area contributed by atoms with Crippen molar-refractivity contribution in [2.24, 2.45) is 5.10 Å². The number of ether oxygens (including phenoxy) is 2. The summed E-state index contributed by atoms with van der Waals surface area (Å²) in [7, 11) is 0. The first-order chi connectivity index (χ1) is 13.3. The predicted molar refractivity (Wildman–Crippen MR) is 106 cm³/mol. The van der Waals surface area contributed by atoms with E-state index in [4.69, 9.17) is 9.47 Å². The average Bonchev–Trinajstić information content (AvgIpc) is 2.64. The summed E-state index contributed by atoms with van der Waals surface area (Å²) >= 11 is 3.30. The number of halogens is 1. The molecule has 9 nitrogen and oxygen atoms in total. The Labute approximate surface area is 169 Å². The molecule has 10 heteroatoms. The molecule has 0 aromatic heterocycles. The van der Waals surface area contributed by atoms with E-state index in [1.54, 1.807) is 32.0 Å². The third-order valence-corrected chi connectivity index (χ3v) is 3.89. The van der Waals surface area contributed by atoms with Crippen molar-refractivity contribution in [2.75, 3.05) is 13.2 Å². The van der Waals surface area contributed by atoms with Gasteiger partial charge in [-0.3, -0.25) is 14.9 Å². The van der Waals surface area contributed by atoms with Crippen molar-refractivity contribution in [3.05, 3.63) is 56.0 Å². The maximum Gasteiger partial charge on any atom is 0.311 e. The number of hydrogen-bond donors (Lipinski definition) is 2. The van der Waals surface area contributed by atoms with Crippen molar-refractivity contribution in [3.63, 3.8) is 0 Å². The molecule has 2 N–H and O–H groups in total. The van der Waals surface area contributed by atoms with E-state index in [0.717, 1.165) is 0 Å². The zero-order chi connectivity index (χ0) is 20.7. The van der Waals surface area contributed by atoms with Gasteiger partial charge in [0.15, 0.2) is 23.9 Å². The zero-order valence-electron chi connectivity index (χ0n) is 15.1. The highest BCUT2D eigenvalue weighted by atomic mass is 79.9. The van der Waals surface area contributed by atoms with Crippen LogP contribution >= 0.6 is 15.9 Å². The Kier molecular flexibility index (Phi) is 7.33. The van der Waals surface area contributed by atoms with Crippen LogP contribution < -0.4 is 14.9 Å². The fourth-order valence-electron chi connectivity index (χ4n) is 2.20. The number of nitro benzene ring substituents is 1. The number of carbonyl (C=O) groups excluding carboxylic acids is 1. The molecular formula is C18H18BrN3O6. The number of carbonyl (C=O) groups is 1. The minimum atomic E-state index is -0.620. The van der Waals surface area contributed by atoms with E-state index in [0.29, 0.717) is 22.2 Å². The van der Waals surface area contributed by atoms with Crippen LogP contribution in [0.5, 0.6) is 17.2 Å². The Morgan fingerprint density at radius 3 is 2.75 bits per heavy atom. The highest BCUT2D eigenvalue weighted by molar-refractivity contribution is 9.10. The zero-order valence-corrected chi connectivity index (χ0v) is 16.7. The maximum absolute atomic E-state index is 11.9. The summed E-state index contributed by atoms with van der Waals surface area (Å²) in [6.07, 6.45) is 1.24. The van der Waals surface area contributed by atoms with Crippen LogP contribution in [0, 0.1) is 17.0 Å². The van der Waals surface area contributed by atoms with Gasteiger partial charge in [-0.2, -0.15) is 5.10 Å². The number of nitrogens with zero attached hydrogens (tertiary/aromatic N) is 2. The number of aryl methyl sites for hydroxylation is 1. The maximum atomic E-state index is 11.9. The molecule has 2 aromatic rings. The molecule has 0 bridgehead atoms. The number of nitro groups is 1. The van der Waals surface area contributed by atoms with Crippen LogP contribution in [0.2, 0.25) is 0 Å². The van der Waals surface area contributed by atoms with Crippen LogP contribution in [-0.2, 0) is 4.79 Å². The molecule has 2 aromatic carbocycles. The first-order valence-corrected chi connectivity index (χ1v) is 8.96. The van der Waals surface area contributed by atoms with E-state index in [-0.39, 0.29) is 22.9 Å². The van der Waals surface area contributed by atoms with Crippen molar-refractivity contribution < 1.29 is 24.3 Å². The van der Waals surface area contributed by atoms with E-state index in [2.05, 4.69) is 26.5 Å². The number of rotatable bonds is 8. The van der Waals surface area contributed by atoms with Crippen LogP contribution in [0.15, 0.2) is 39.9 Å². The summed E-state index contributed by atoms with van der Waals surface area (Å²) in [5.74, 6) is -0.472. The Bertz CT molecular complexity index is 916. The molecule has 0 unspecified atom stereocenters. The lowest BCUT2D eigenvalue weighted by Gasteiger charge is -2.09. The largest absolute Gasteiger partial charge is 0.504 e. The fourth-order valence-corrected chi connectivity index (χ4v) is 2.65. The van der Waals surface area contributed by atoms with E-state index in [1.165, 1.54) is 18.3 Å². The first kappa shape index (κ1) is 21.2. The van der Waals surface area contributed by atoms with Crippen LogP contribution in [0.1, 0.15) is 18.1 Å². The molecule has 0 atom stereocenters. The number of phenols is 1. The Morgan fingerprint density at radius 1 is 1.32 bits per heavy atom. The second kappa shape index (κ2) is 9.70. The number of hydrogen-bond acceptors (Lipinski definition) is 7. The summed E-state index contributed by atoms with van der Waals surface area (Å²) < 4.78 is 11.2. The van der Waals surface area contributed by atoms with Gasteiger partial charge in [0.05, 0.1) is 17.7 Å². The molecule has 0 fully saturated rings. The van der Waals surface area contributed by atoms with Crippen LogP contribution in [-0.4, -0.2) is 35.4 Å². The summed E-state index contributed by atoms with van der Waals surface area (Å²) in [5.41, 5.74) is 3.03. The quantitative estimate of drug-likeness (QED) is 0.360. The molecular weight excluding hydrogens is 434 g/mol. The van der Waals surface area contributed by atoms with Crippen molar-refractivity contribution >= 4 is 33.7 Å². The Morgan fingerprint density at radius 2 is 2.07 bits per heavy atom. The van der Waals surface area contributed by atoms with Gasteiger partial charge in [-0.1, -0.05) is 22.0 Å². The molecule has 2 rings (SSSR count). The molecule has 0 aliphatic rings. The monoisotopic (exact) mass is 451 g/mol. The molecule has 28 heavy (non-hydrogen) atoms. The van der Waals surface area contributed by atoms with E-state index < -0.39 is 17.4 Å². The van der Waals surface area contributed by atoms with E-state index in [1.807, 2.05) is 0 Å². The lowest BCUT2D eigenvalue weighted by Crippen LogP contribution is -2.24. The van der Waals surface area contributed by atoms with Crippen molar-refractivity contribution in [3.8, 4) is 17.2 Å². The third-order valence-electron chi connectivity index (χ3n) is 3.43. The molecule has 148 valence electrons. The molecule has 0 aliphatic carbocycles. The van der Waals surface area contributed by atoms with E-state index >= 15 is 0 Å². The molecule has 0 spiro atoms. The van der Waals surface area contributed by atoms with Gasteiger partial charge in [0.25, 0.3) is 5.91 Å². The number of amides is 1. The third kappa shape index (κ3) is 5.68. The number of hydrazone groups is 1. The van der Waals surface area contributed by atoms with Gasteiger partial charge in [0.1, 0.15) is 0 Å². The van der Waals surface area contributed by atoms with Gasteiger partial charge in [0.2, 0.25) is 0 Å². The van der Waals surface area contributed by atoms with Gasteiger partial charge in [-0.05, 0) is 37.6 Å². The standard InChI is InChI=1S/C18H18BrN3O6/c1-3-27-16-8-13(19)7-12(18(16)24)9-20-21-17(23)10-28-15-5-4-11(2)6-14(15)22(25)26/h4-9,24H,3,10H2,1-2H3,(H,21,23)/b20-9+. The second-order valence-electron chi connectivity index (χ2n) is 5.58. The molecule has 0 saturated carbocycles. The lowest BCUT2D eigenvalue weighted by molar-refractivity contribution is -0.385. The minimum Gasteiger partial charge on any atom is -0.504 e. The van der Waals surface area contributed by atoms with Gasteiger partial charge in [-0.25, -0.2) is 5.43 Å². The van der Waals surface area contributed by atoms with Crippen molar-refractivity contribution in [1.29, 1.82) is 0 Å². The molecule has 0 saturated heterocycles. The first-order valence-electron chi connectivity index (χ1n) is 8.16. The normalized spacial score (nSPS) is 10.7. The smallest absolute Gasteiger partial charge is 0.311 e. The topological polar surface area (TPSA) is 123 Å². The molecule has 0 heterocycles. The summed E-state index contributed by atoms with van der Waals surface area (Å²) in [4.78, 5) is 22.3. The molecule has 1 amide bonds. The Hall–Kier alpha value is -3.14. The SMILES string of the molecule is CCOc1cc(Br)cc(/C=N/NC(=O)COc2ccc(C)cc2[N+](=O)[O-])c1O. The van der Waals surface area contributed by atoms with Gasteiger partial charge in [0, 0.05) is 16.1 Å². The van der Waals surface area contributed by atoms with Crippen molar-refractivity contribution in [1.82, 2.24) is 5.43 Å². The average molecular weight is 452 g/mol. The van der Waals surface area contributed by atoms with Gasteiger partial charge >= 0.3 is 5.69 Å². The predicted octanol–water partition coefficient (Wildman–Crippen LogP) is 3.30.